The number of unbranched alkanes of at least 4 members (excludes halogenated alkanes) is 1. The minimum absolute atomic E-state index is 0.0356. The van der Waals surface area contributed by atoms with Crippen LogP contribution in [0.2, 0.25) is 0 Å². The first kappa shape index (κ1) is 62.9. The number of nitrogens with zero attached hydrogens (tertiary/aromatic N) is 9. The number of carbonyl (C=O) groups is 9. The van der Waals surface area contributed by atoms with Gasteiger partial charge in [0.25, 0.3) is 0 Å². The van der Waals surface area contributed by atoms with Crippen molar-refractivity contribution in [3.8, 4) is 0 Å². The summed E-state index contributed by atoms with van der Waals surface area (Å²) in [6, 6.07) is -0.985. The summed E-state index contributed by atoms with van der Waals surface area (Å²) in [6.07, 6.45) is 2.59. The highest BCUT2D eigenvalue weighted by Gasteiger charge is 2.24. The Morgan fingerprint density at radius 1 is 0.361 bits per heavy atom. The molecular weight excluding hydrogens is 953 g/mol. The summed E-state index contributed by atoms with van der Waals surface area (Å²) < 4.78 is 0. The normalized spacial score (nSPS) is 18.4. The van der Waals surface area contributed by atoms with Crippen LogP contribution >= 0.6 is 0 Å². The highest BCUT2D eigenvalue weighted by atomic mass is 16.4. The fourth-order valence-corrected chi connectivity index (χ4v) is 8.31. The lowest BCUT2D eigenvalue weighted by Gasteiger charge is -2.32. The first-order valence-corrected chi connectivity index (χ1v) is 24.5. The molecule has 28 nitrogen and oxygen atoms in total. The number of amides is 2. The number of nitrogens with two attached hydrogens (primary N) is 1. The van der Waals surface area contributed by atoms with Crippen LogP contribution in [0, 0.1) is 0 Å². The molecule has 1 unspecified atom stereocenters. The van der Waals surface area contributed by atoms with Crippen molar-refractivity contribution in [2.45, 2.75) is 38.1 Å². The molecule has 72 heavy (non-hydrogen) atoms. The van der Waals surface area contributed by atoms with Crippen LogP contribution in [0.25, 0.3) is 0 Å². The van der Waals surface area contributed by atoms with Crippen molar-refractivity contribution < 1.29 is 78.9 Å². The number of carbonyl (C=O) groups excluding carboxylic acids is 2. The fourth-order valence-electron chi connectivity index (χ4n) is 8.31. The summed E-state index contributed by atoms with van der Waals surface area (Å²) in [5.74, 6) is -7.99. The maximum atomic E-state index is 13.3. The molecule has 0 saturated carbocycles. The average molecular weight is 1030 g/mol. The van der Waals surface area contributed by atoms with Crippen molar-refractivity contribution >= 4 is 53.6 Å². The van der Waals surface area contributed by atoms with E-state index in [1.54, 1.807) is 29.4 Å². The van der Waals surface area contributed by atoms with Crippen LogP contribution in [0.5, 0.6) is 0 Å². The largest absolute Gasteiger partial charge is 0.480 e. The first-order valence-electron chi connectivity index (χ1n) is 24.5. The minimum atomic E-state index is -1.09. The molecule has 0 aromatic carbocycles. The Balaban J connectivity index is 2.02. The van der Waals surface area contributed by atoms with Gasteiger partial charge in [-0.15, -0.1) is 0 Å². The summed E-state index contributed by atoms with van der Waals surface area (Å²) >= 11 is 0. The van der Waals surface area contributed by atoms with Gasteiger partial charge in [0.2, 0.25) is 11.8 Å². The molecule has 1 atom stereocenters. The summed E-state index contributed by atoms with van der Waals surface area (Å²) in [7, 11) is 0. The Labute approximate surface area is 420 Å². The van der Waals surface area contributed by atoms with Crippen LogP contribution in [-0.4, -0.2) is 329 Å². The smallest absolute Gasteiger partial charge is 0.320 e. The van der Waals surface area contributed by atoms with E-state index in [9.17, 15) is 78.9 Å². The Kier molecular flexibility index (Phi) is 31.4. The number of rotatable bonds is 30. The van der Waals surface area contributed by atoms with E-state index in [0.29, 0.717) is 91.0 Å². The summed E-state index contributed by atoms with van der Waals surface area (Å²) in [5.41, 5.74) is 5.71. The van der Waals surface area contributed by atoms with Gasteiger partial charge in [0.15, 0.2) is 0 Å². The van der Waals surface area contributed by atoms with Crippen molar-refractivity contribution in [3.05, 3.63) is 0 Å². The number of carboxylic acid groups (broad SMARTS) is 7. The molecule has 2 amide bonds. The minimum Gasteiger partial charge on any atom is -0.480 e. The second-order valence-corrected chi connectivity index (χ2v) is 18.3. The number of nitrogens with one attached hydrogen (secondary N) is 2. The van der Waals surface area contributed by atoms with E-state index in [1.807, 2.05) is 9.80 Å². The molecular formula is C44H80N12O16. The van der Waals surface area contributed by atoms with Gasteiger partial charge in [-0.3, -0.25) is 82.4 Å². The Morgan fingerprint density at radius 3 is 0.806 bits per heavy atom. The lowest BCUT2D eigenvalue weighted by molar-refractivity contribution is -0.140. The van der Waals surface area contributed by atoms with Crippen molar-refractivity contribution in [2.24, 2.45) is 5.73 Å². The van der Waals surface area contributed by atoms with E-state index in [1.165, 1.54) is 0 Å². The standard InChI is InChI=1S/C44H80N12O16/c45-35(44(71)72)5-1-2-8-48(9-3-6-46-36(57)27-49-11-15-51(29-38(59)60)19-23-55(33-42(67)68)24-20-52(16-12-49)30-39(61)62)10-4-7-47-37(58)28-50-13-17-53(31-40(63)64)21-25-56(34-43(69)70)26-22-54(18-14-50)32-41(65)66/h35H,1-34,45H2,(H,46,57)(H,47,58)(H,59,60)(H,61,62)(H,63,64)(H,65,66)(H,67,68)(H,69,70)(H,71,72). The SMILES string of the molecule is NC(CCCCN(CCCNC(=O)CN1CCN(CC(=O)O)CCN(CC(=O)O)CCN(CC(=O)O)CC1)CCCNC(=O)CN1CCN(CC(=O)O)CCN(CC(=O)O)CCN(CC(=O)O)CC1)C(=O)O. The third kappa shape index (κ3) is 31.3. The molecule has 2 saturated heterocycles. The molecule has 0 spiro atoms. The van der Waals surface area contributed by atoms with E-state index in [2.05, 4.69) is 15.5 Å². The van der Waals surface area contributed by atoms with Gasteiger partial charge in [-0.05, 0) is 45.3 Å². The van der Waals surface area contributed by atoms with Gasteiger partial charge in [-0.1, -0.05) is 6.42 Å². The van der Waals surface area contributed by atoms with Gasteiger partial charge >= 0.3 is 41.8 Å². The van der Waals surface area contributed by atoms with Crippen LogP contribution in [0.15, 0.2) is 0 Å². The van der Waals surface area contributed by atoms with Crippen molar-refractivity contribution in [2.75, 3.05) is 190 Å². The average Bonchev–Trinajstić information content (AvgIpc) is 3.28. The number of carboxylic acids is 7. The predicted octanol–water partition coefficient (Wildman–Crippen LogP) is -5.17. The van der Waals surface area contributed by atoms with E-state index in [4.69, 9.17) is 5.73 Å². The Hall–Kier alpha value is -5.17. The molecule has 2 fully saturated rings. The van der Waals surface area contributed by atoms with E-state index in [0.717, 1.165) is 0 Å². The Bertz CT molecular complexity index is 1550. The molecule has 0 aliphatic carbocycles. The molecule has 28 heteroatoms. The molecule has 11 N–H and O–H groups in total. The molecule has 0 aromatic rings. The lowest BCUT2D eigenvalue weighted by Crippen LogP contribution is -2.50. The lowest BCUT2D eigenvalue weighted by atomic mass is 10.1. The summed E-state index contributed by atoms with van der Waals surface area (Å²) in [5, 5.41) is 72.0. The Morgan fingerprint density at radius 2 is 0.583 bits per heavy atom. The highest BCUT2D eigenvalue weighted by molar-refractivity contribution is 5.78. The van der Waals surface area contributed by atoms with Gasteiger partial charge in [0, 0.05) is 118 Å². The fraction of sp³-hybridized carbons (Fsp3) is 0.795. The van der Waals surface area contributed by atoms with Crippen LogP contribution in [0.3, 0.4) is 0 Å². The topological polar surface area (TPSA) is 374 Å². The quantitative estimate of drug-likeness (QED) is 0.0301. The summed E-state index contributed by atoms with van der Waals surface area (Å²) in [6.45, 7) is 4.77. The predicted molar refractivity (Wildman–Crippen MR) is 258 cm³/mol. The van der Waals surface area contributed by atoms with Crippen LogP contribution in [0.4, 0.5) is 0 Å². The van der Waals surface area contributed by atoms with Gasteiger partial charge in [-0.25, -0.2) is 0 Å². The zero-order chi connectivity index (χ0) is 53.4. The van der Waals surface area contributed by atoms with Crippen LogP contribution < -0.4 is 16.4 Å². The zero-order valence-corrected chi connectivity index (χ0v) is 41.5. The molecule has 2 rings (SSSR count). The molecule has 0 aromatic heterocycles. The second kappa shape index (κ2) is 35.9. The van der Waals surface area contributed by atoms with Crippen LogP contribution in [0.1, 0.15) is 32.1 Å². The second-order valence-electron chi connectivity index (χ2n) is 18.3. The van der Waals surface area contributed by atoms with Gasteiger partial charge in [-0.2, -0.15) is 0 Å². The maximum absolute atomic E-state index is 13.3. The third-order valence-electron chi connectivity index (χ3n) is 12.3. The highest BCUT2D eigenvalue weighted by Crippen LogP contribution is 2.06. The molecule has 0 bridgehead atoms. The number of aliphatic carboxylic acids is 7. The molecule has 412 valence electrons. The molecule has 0 radical (unpaired) electrons. The molecule has 2 aliphatic heterocycles. The van der Waals surface area contributed by atoms with Crippen LogP contribution in [-0.2, 0) is 43.2 Å². The van der Waals surface area contributed by atoms with E-state index >= 15 is 0 Å². The monoisotopic (exact) mass is 1030 g/mol. The third-order valence-corrected chi connectivity index (χ3v) is 12.3. The van der Waals surface area contributed by atoms with Crippen molar-refractivity contribution in [1.29, 1.82) is 0 Å². The van der Waals surface area contributed by atoms with Gasteiger partial charge in [0.05, 0.1) is 52.4 Å². The maximum Gasteiger partial charge on any atom is 0.320 e. The number of hydrogen-bond donors (Lipinski definition) is 10. The first-order chi connectivity index (χ1) is 34.2. The number of hydrogen-bond acceptors (Lipinski definition) is 19. The van der Waals surface area contributed by atoms with E-state index < -0.39 is 47.8 Å². The van der Waals surface area contributed by atoms with Gasteiger partial charge < -0.3 is 57.0 Å². The van der Waals surface area contributed by atoms with Crippen molar-refractivity contribution in [1.82, 2.24) is 54.7 Å². The molecule has 2 aliphatic rings. The van der Waals surface area contributed by atoms with Gasteiger partial charge in [0.1, 0.15) is 6.04 Å². The zero-order valence-electron chi connectivity index (χ0n) is 41.5. The summed E-state index contributed by atoms with van der Waals surface area (Å²) in [4.78, 5) is 123. The van der Waals surface area contributed by atoms with E-state index in [-0.39, 0.29) is 143 Å². The van der Waals surface area contributed by atoms with Crippen molar-refractivity contribution in [3.63, 3.8) is 0 Å². The molecule has 2 heterocycles.